The summed E-state index contributed by atoms with van der Waals surface area (Å²) < 4.78 is 7.53. The number of hydrogen-bond donors (Lipinski definition) is 2. The van der Waals surface area contributed by atoms with Gasteiger partial charge in [-0.2, -0.15) is 4.98 Å². The lowest BCUT2D eigenvalue weighted by Gasteiger charge is -2.24. The van der Waals surface area contributed by atoms with Gasteiger partial charge in [0.1, 0.15) is 5.03 Å². The van der Waals surface area contributed by atoms with Crippen LogP contribution in [0.3, 0.4) is 0 Å². The van der Waals surface area contributed by atoms with E-state index in [0.29, 0.717) is 22.9 Å². The zero-order chi connectivity index (χ0) is 22.5. The number of ether oxygens (including phenoxy) is 1. The van der Waals surface area contributed by atoms with E-state index in [1.807, 2.05) is 0 Å². The summed E-state index contributed by atoms with van der Waals surface area (Å²) in [5.41, 5.74) is 3.23. The van der Waals surface area contributed by atoms with Gasteiger partial charge in [-0.25, -0.2) is 4.79 Å². The zero-order valence-corrected chi connectivity index (χ0v) is 19.0. The lowest BCUT2D eigenvalue weighted by atomic mass is 9.97. The third kappa shape index (κ3) is 5.58. The first-order valence-corrected chi connectivity index (χ1v) is 12.0. The Morgan fingerprint density at radius 1 is 1.12 bits per heavy atom. The molecule has 1 aliphatic carbocycles. The monoisotopic (exact) mass is 456 g/mol. The number of rotatable bonds is 7. The van der Waals surface area contributed by atoms with Gasteiger partial charge in [-0.05, 0) is 62.8 Å². The van der Waals surface area contributed by atoms with Crippen LogP contribution in [0.25, 0.3) is 0 Å². The molecule has 1 saturated heterocycles. The molecule has 2 heterocycles. The summed E-state index contributed by atoms with van der Waals surface area (Å²) in [6.07, 6.45) is 5.95. The van der Waals surface area contributed by atoms with Gasteiger partial charge in [-0.15, -0.1) is 0 Å². The van der Waals surface area contributed by atoms with E-state index in [1.54, 1.807) is 28.8 Å². The van der Waals surface area contributed by atoms with Gasteiger partial charge in [0.2, 0.25) is 11.8 Å². The maximum absolute atomic E-state index is 12.8. The first kappa shape index (κ1) is 22.5. The summed E-state index contributed by atoms with van der Waals surface area (Å²) in [6.45, 7) is 2.77. The van der Waals surface area contributed by atoms with Crippen molar-refractivity contribution < 1.29 is 14.3 Å². The highest BCUT2D eigenvalue weighted by Gasteiger charge is 2.24. The van der Waals surface area contributed by atoms with E-state index in [-0.39, 0.29) is 29.4 Å². The van der Waals surface area contributed by atoms with Crippen LogP contribution in [0.15, 0.2) is 34.1 Å². The van der Waals surface area contributed by atoms with Crippen molar-refractivity contribution >= 4 is 35.0 Å². The van der Waals surface area contributed by atoms with Gasteiger partial charge in [0.15, 0.2) is 0 Å². The van der Waals surface area contributed by atoms with Crippen molar-refractivity contribution in [1.82, 2.24) is 9.55 Å². The predicted octanol–water partition coefficient (Wildman–Crippen LogP) is 2.99. The van der Waals surface area contributed by atoms with Gasteiger partial charge in [-0.1, -0.05) is 11.8 Å². The average molecular weight is 457 g/mol. The minimum atomic E-state index is -0.252. The van der Waals surface area contributed by atoms with E-state index in [0.717, 1.165) is 56.4 Å². The molecule has 0 saturated carbocycles. The molecule has 1 aromatic carbocycles. The van der Waals surface area contributed by atoms with Crippen LogP contribution in [0.5, 0.6) is 0 Å². The van der Waals surface area contributed by atoms with Crippen molar-refractivity contribution in [2.75, 3.05) is 23.0 Å². The number of thioether (sulfide) groups is 1. The molecule has 0 unspecified atom stereocenters. The molecule has 170 valence electrons. The average Bonchev–Trinajstić information content (AvgIpc) is 3.29. The highest BCUT2D eigenvalue weighted by Crippen LogP contribution is 2.29. The van der Waals surface area contributed by atoms with E-state index in [1.165, 1.54) is 18.7 Å². The molecule has 1 fully saturated rings. The fraction of sp³-hybridized carbons (Fsp3) is 0.478. The molecule has 8 nitrogen and oxygen atoms in total. The highest BCUT2D eigenvalue weighted by atomic mass is 32.2. The number of aromatic nitrogens is 2. The van der Waals surface area contributed by atoms with E-state index < -0.39 is 0 Å². The van der Waals surface area contributed by atoms with Crippen molar-refractivity contribution in [2.24, 2.45) is 0 Å². The van der Waals surface area contributed by atoms with Gasteiger partial charge >= 0.3 is 5.69 Å². The molecule has 0 radical (unpaired) electrons. The second kappa shape index (κ2) is 10.3. The molecule has 1 aromatic heterocycles. The molecule has 2 aromatic rings. The maximum Gasteiger partial charge on any atom is 0.348 e. The lowest BCUT2D eigenvalue weighted by molar-refractivity contribution is -0.114. The Hall–Kier alpha value is -2.65. The molecule has 2 amide bonds. The van der Waals surface area contributed by atoms with Gasteiger partial charge in [0.05, 0.1) is 18.4 Å². The number of carbonyl (C=O) groups excluding carboxylic acids is 2. The van der Waals surface area contributed by atoms with Crippen LogP contribution in [0, 0.1) is 0 Å². The first-order chi connectivity index (χ1) is 15.5. The Morgan fingerprint density at radius 2 is 1.84 bits per heavy atom. The number of benzene rings is 1. The topological polar surface area (TPSA) is 102 Å². The molecular formula is C23H28N4O4S. The molecule has 0 bridgehead atoms. The number of nitrogens with one attached hydrogen (secondary N) is 2. The summed E-state index contributed by atoms with van der Waals surface area (Å²) >= 11 is 1.31. The highest BCUT2D eigenvalue weighted by molar-refractivity contribution is 8.00. The fourth-order valence-corrected chi connectivity index (χ4v) is 5.10. The van der Waals surface area contributed by atoms with Crippen LogP contribution in [0.4, 0.5) is 11.4 Å². The summed E-state index contributed by atoms with van der Waals surface area (Å²) in [5.74, 6) is -0.147. The zero-order valence-electron chi connectivity index (χ0n) is 18.2. The summed E-state index contributed by atoms with van der Waals surface area (Å²) in [4.78, 5) is 40.7. The molecule has 32 heavy (non-hydrogen) atoms. The number of nitrogens with zero attached hydrogens (tertiary/aromatic N) is 2. The van der Waals surface area contributed by atoms with E-state index in [4.69, 9.17) is 4.74 Å². The largest absolute Gasteiger partial charge is 0.376 e. The number of hydrogen-bond acceptors (Lipinski definition) is 6. The van der Waals surface area contributed by atoms with E-state index in [2.05, 4.69) is 15.6 Å². The van der Waals surface area contributed by atoms with Crippen molar-refractivity contribution in [3.05, 3.63) is 46.0 Å². The fourth-order valence-electron chi connectivity index (χ4n) is 4.22. The third-order valence-corrected chi connectivity index (χ3v) is 6.71. The van der Waals surface area contributed by atoms with Crippen LogP contribution in [0.1, 0.15) is 43.9 Å². The Bertz CT molecular complexity index is 1050. The second-order valence-electron chi connectivity index (χ2n) is 8.17. The minimum Gasteiger partial charge on any atom is -0.376 e. The molecular weight excluding hydrogens is 428 g/mol. The standard InChI is InChI=1S/C23H28N4O4S/c1-15(28)24-16-8-10-17(11-9-16)25-21(29)14-32-22-19-6-2-3-7-20(19)27(23(30)26-22)13-18-5-4-12-31-18/h8-11,18H,2-7,12-14H2,1H3,(H,24,28)(H,25,29)/t18-/m1/s1. The van der Waals surface area contributed by atoms with Crippen molar-refractivity contribution in [1.29, 1.82) is 0 Å². The number of anilines is 2. The molecule has 9 heteroatoms. The summed E-state index contributed by atoms with van der Waals surface area (Å²) in [5, 5.41) is 6.21. The number of fused-ring (bicyclic) bond motifs is 1. The van der Waals surface area contributed by atoms with Crippen molar-refractivity contribution in [3.63, 3.8) is 0 Å². The molecule has 2 N–H and O–H groups in total. The number of amides is 2. The van der Waals surface area contributed by atoms with Crippen LogP contribution < -0.4 is 16.3 Å². The summed E-state index contributed by atoms with van der Waals surface area (Å²) in [6, 6.07) is 6.94. The normalized spacial score (nSPS) is 17.6. The summed E-state index contributed by atoms with van der Waals surface area (Å²) in [7, 11) is 0. The van der Waals surface area contributed by atoms with Gasteiger partial charge in [0, 0.05) is 36.2 Å². The second-order valence-corrected chi connectivity index (χ2v) is 9.14. The first-order valence-electron chi connectivity index (χ1n) is 11.0. The Kier molecular flexibility index (Phi) is 7.26. The van der Waals surface area contributed by atoms with Crippen LogP contribution in [-0.2, 0) is 33.7 Å². The molecule has 1 atom stereocenters. The van der Waals surface area contributed by atoms with Gasteiger partial charge in [-0.3, -0.25) is 14.2 Å². The Balaban J connectivity index is 1.42. The molecule has 4 rings (SSSR count). The quantitative estimate of drug-likeness (QED) is 0.491. The van der Waals surface area contributed by atoms with Crippen LogP contribution in [0.2, 0.25) is 0 Å². The predicted molar refractivity (Wildman–Crippen MR) is 124 cm³/mol. The maximum atomic E-state index is 12.8. The van der Waals surface area contributed by atoms with E-state index in [9.17, 15) is 14.4 Å². The molecule has 0 spiro atoms. The minimum absolute atomic E-state index is 0.0850. The van der Waals surface area contributed by atoms with E-state index >= 15 is 0 Å². The van der Waals surface area contributed by atoms with Crippen molar-refractivity contribution in [3.8, 4) is 0 Å². The Morgan fingerprint density at radius 3 is 2.53 bits per heavy atom. The molecule has 2 aliphatic rings. The smallest absolute Gasteiger partial charge is 0.348 e. The van der Waals surface area contributed by atoms with Crippen LogP contribution >= 0.6 is 11.8 Å². The molecule has 1 aliphatic heterocycles. The van der Waals surface area contributed by atoms with Crippen molar-refractivity contribution in [2.45, 2.75) is 63.1 Å². The van der Waals surface area contributed by atoms with Crippen LogP contribution in [-0.4, -0.2) is 39.8 Å². The lowest BCUT2D eigenvalue weighted by Crippen LogP contribution is -2.34. The number of carbonyl (C=O) groups is 2. The SMILES string of the molecule is CC(=O)Nc1ccc(NC(=O)CSc2nc(=O)n(C[C@H]3CCCO3)c3c2CCCC3)cc1. The third-order valence-electron chi connectivity index (χ3n) is 5.69. The van der Waals surface area contributed by atoms with Gasteiger partial charge in [0.25, 0.3) is 0 Å². The Labute approximate surface area is 191 Å². The van der Waals surface area contributed by atoms with Gasteiger partial charge < -0.3 is 15.4 Å².